The van der Waals surface area contributed by atoms with Crippen LogP contribution in [0.4, 0.5) is 5.69 Å². The summed E-state index contributed by atoms with van der Waals surface area (Å²) in [6, 6.07) is 21.3. The number of fused-ring (bicyclic) bond motifs is 1. The number of amides is 1. The third-order valence-electron chi connectivity index (χ3n) is 4.44. The third-order valence-corrected chi connectivity index (χ3v) is 5.23. The summed E-state index contributed by atoms with van der Waals surface area (Å²) in [6.07, 6.45) is 3.22. The molecule has 1 aromatic heterocycles. The summed E-state index contributed by atoms with van der Waals surface area (Å²) in [4.78, 5) is 25.9. The number of para-hydroxylation sites is 2. The molecule has 3 aromatic carbocycles. The molecule has 0 fully saturated rings. The summed E-state index contributed by atoms with van der Waals surface area (Å²) in [6.45, 7) is -0.173. The number of benzene rings is 3. The Morgan fingerprint density at radius 1 is 1.00 bits per heavy atom. The van der Waals surface area contributed by atoms with E-state index >= 15 is 0 Å². The van der Waals surface area contributed by atoms with Gasteiger partial charge >= 0.3 is 0 Å². The van der Waals surface area contributed by atoms with E-state index < -0.39 is 0 Å². The van der Waals surface area contributed by atoms with Gasteiger partial charge in [-0.3, -0.25) is 9.59 Å². The van der Waals surface area contributed by atoms with Crippen LogP contribution < -0.4 is 20.2 Å². The summed E-state index contributed by atoms with van der Waals surface area (Å²) in [5.41, 5.74) is 0.790. The Kier molecular flexibility index (Phi) is 6.24. The third kappa shape index (κ3) is 4.90. The summed E-state index contributed by atoms with van der Waals surface area (Å²) in [5, 5.41) is 3.19. The first-order chi connectivity index (χ1) is 15.1. The van der Waals surface area contributed by atoms with Crippen LogP contribution in [0.5, 0.6) is 17.2 Å². The minimum Gasteiger partial charge on any atom is -0.484 e. The molecule has 0 atom stereocenters. The number of rotatable bonds is 7. The smallest absolute Gasteiger partial charge is 0.262 e. The van der Waals surface area contributed by atoms with Gasteiger partial charge in [0.15, 0.2) is 6.61 Å². The Hall–Kier alpha value is -3.71. The first kappa shape index (κ1) is 20.6. The number of carbonyl (C=O) groups excluding carboxylic acids is 1. The zero-order valence-electron chi connectivity index (χ0n) is 16.7. The molecule has 1 heterocycles. The van der Waals surface area contributed by atoms with Crippen LogP contribution in [0.15, 0.2) is 93.2 Å². The second-order valence-electron chi connectivity index (χ2n) is 6.54. The van der Waals surface area contributed by atoms with E-state index in [2.05, 4.69) is 5.32 Å². The van der Waals surface area contributed by atoms with Crippen molar-refractivity contribution in [3.05, 3.63) is 89.3 Å². The van der Waals surface area contributed by atoms with E-state index in [1.165, 1.54) is 6.26 Å². The second kappa shape index (κ2) is 9.40. The minimum atomic E-state index is -0.289. The van der Waals surface area contributed by atoms with Gasteiger partial charge in [-0.25, -0.2) is 0 Å². The largest absolute Gasteiger partial charge is 0.484 e. The first-order valence-corrected chi connectivity index (χ1v) is 10.7. The van der Waals surface area contributed by atoms with E-state index in [4.69, 9.17) is 13.9 Å². The van der Waals surface area contributed by atoms with Crippen molar-refractivity contribution >= 4 is 34.3 Å². The quantitative estimate of drug-likeness (QED) is 0.397. The Labute approximate surface area is 182 Å². The van der Waals surface area contributed by atoms with Crippen LogP contribution in [0.2, 0.25) is 0 Å². The zero-order valence-corrected chi connectivity index (χ0v) is 17.5. The van der Waals surface area contributed by atoms with Gasteiger partial charge in [-0.05, 0) is 42.7 Å². The SMILES string of the molecule is CSc1ccccc1NC(=O)COc1ccc2c(=O)c(Oc3ccccc3)coc2c1. The highest BCUT2D eigenvalue weighted by Crippen LogP contribution is 2.25. The predicted octanol–water partition coefficient (Wildman–Crippen LogP) is 5.32. The molecule has 0 unspecified atom stereocenters. The molecule has 0 aliphatic carbocycles. The Balaban J connectivity index is 1.45. The van der Waals surface area contributed by atoms with Gasteiger partial charge in [-0.2, -0.15) is 0 Å². The van der Waals surface area contributed by atoms with Crippen molar-refractivity contribution in [1.82, 2.24) is 0 Å². The molecule has 4 aromatic rings. The summed E-state index contributed by atoms with van der Waals surface area (Å²) in [7, 11) is 0. The van der Waals surface area contributed by atoms with Crippen LogP contribution >= 0.6 is 11.8 Å². The highest BCUT2D eigenvalue weighted by atomic mass is 32.2. The van der Waals surface area contributed by atoms with Crippen LogP contribution in [0.1, 0.15) is 0 Å². The lowest BCUT2D eigenvalue weighted by Crippen LogP contribution is -2.20. The van der Waals surface area contributed by atoms with E-state index in [1.54, 1.807) is 42.1 Å². The zero-order chi connectivity index (χ0) is 21.6. The second-order valence-corrected chi connectivity index (χ2v) is 7.39. The number of hydrogen-bond acceptors (Lipinski definition) is 6. The van der Waals surface area contributed by atoms with Crippen molar-refractivity contribution in [3.63, 3.8) is 0 Å². The van der Waals surface area contributed by atoms with Gasteiger partial charge in [-0.1, -0.05) is 30.3 Å². The molecule has 0 spiro atoms. The lowest BCUT2D eigenvalue weighted by atomic mass is 10.2. The molecule has 31 heavy (non-hydrogen) atoms. The number of ether oxygens (including phenoxy) is 2. The maximum Gasteiger partial charge on any atom is 0.262 e. The van der Waals surface area contributed by atoms with Crippen molar-refractivity contribution in [2.75, 3.05) is 18.2 Å². The average molecular weight is 433 g/mol. The standard InChI is InChI=1S/C24H19NO5S/c1-31-22-10-6-5-9-19(22)25-23(26)15-28-17-11-12-18-20(13-17)29-14-21(24(18)27)30-16-7-3-2-4-8-16/h2-14H,15H2,1H3,(H,25,26). The van der Waals surface area contributed by atoms with E-state index in [1.807, 2.05) is 48.7 Å². The first-order valence-electron chi connectivity index (χ1n) is 9.48. The molecule has 4 rings (SSSR count). The van der Waals surface area contributed by atoms with Crippen LogP contribution in [0.25, 0.3) is 11.0 Å². The molecule has 0 aliphatic heterocycles. The maximum atomic E-state index is 12.7. The van der Waals surface area contributed by atoms with Crippen molar-refractivity contribution in [2.45, 2.75) is 4.90 Å². The molecule has 6 nitrogen and oxygen atoms in total. The van der Waals surface area contributed by atoms with E-state index in [0.717, 1.165) is 10.6 Å². The molecule has 0 saturated heterocycles. The number of thioether (sulfide) groups is 1. The fourth-order valence-corrected chi connectivity index (χ4v) is 3.50. The number of hydrogen-bond donors (Lipinski definition) is 1. The van der Waals surface area contributed by atoms with Gasteiger partial charge in [0.25, 0.3) is 5.91 Å². The minimum absolute atomic E-state index is 0.0965. The van der Waals surface area contributed by atoms with Crippen LogP contribution in [0, 0.1) is 0 Å². The fraction of sp³-hybridized carbons (Fsp3) is 0.0833. The van der Waals surface area contributed by atoms with Gasteiger partial charge in [0.2, 0.25) is 11.2 Å². The molecule has 1 amide bonds. The van der Waals surface area contributed by atoms with E-state index in [9.17, 15) is 9.59 Å². The van der Waals surface area contributed by atoms with E-state index in [-0.39, 0.29) is 23.7 Å². The fourth-order valence-electron chi connectivity index (χ4n) is 2.95. The lowest BCUT2D eigenvalue weighted by Gasteiger charge is -2.10. The average Bonchev–Trinajstić information content (AvgIpc) is 2.80. The molecule has 7 heteroatoms. The van der Waals surface area contributed by atoms with Crippen LogP contribution in [-0.2, 0) is 4.79 Å². The lowest BCUT2D eigenvalue weighted by molar-refractivity contribution is -0.118. The van der Waals surface area contributed by atoms with Crippen molar-refractivity contribution in [3.8, 4) is 17.2 Å². The van der Waals surface area contributed by atoms with Crippen molar-refractivity contribution in [1.29, 1.82) is 0 Å². The summed E-state index contributed by atoms with van der Waals surface area (Å²) in [5.74, 6) is 0.776. The van der Waals surface area contributed by atoms with Crippen molar-refractivity contribution < 1.29 is 18.7 Å². The van der Waals surface area contributed by atoms with Gasteiger partial charge in [-0.15, -0.1) is 11.8 Å². The van der Waals surface area contributed by atoms with Gasteiger partial charge < -0.3 is 19.2 Å². The molecule has 0 radical (unpaired) electrons. The normalized spacial score (nSPS) is 10.6. The summed E-state index contributed by atoms with van der Waals surface area (Å²) < 4.78 is 16.7. The number of carbonyl (C=O) groups is 1. The monoisotopic (exact) mass is 433 g/mol. The van der Waals surface area contributed by atoms with E-state index in [0.29, 0.717) is 22.5 Å². The van der Waals surface area contributed by atoms with Gasteiger partial charge in [0, 0.05) is 11.0 Å². The Morgan fingerprint density at radius 2 is 1.77 bits per heavy atom. The Morgan fingerprint density at radius 3 is 2.58 bits per heavy atom. The Bertz CT molecular complexity index is 1270. The highest BCUT2D eigenvalue weighted by Gasteiger charge is 2.11. The van der Waals surface area contributed by atoms with Gasteiger partial charge in [0.05, 0.1) is 11.1 Å². The van der Waals surface area contributed by atoms with Crippen LogP contribution in [0.3, 0.4) is 0 Å². The highest BCUT2D eigenvalue weighted by molar-refractivity contribution is 7.98. The summed E-state index contributed by atoms with van der Waals surface area (Å²) >= 11 is 1.55. The molecule has 0 saturated carbocycles. The molecular formula is C24H19NO5S. The molecule has 1 N–H and O–H groups in total. The predicted molar refractivity (Wildman–Crippen MR) is 121 cm³/mol. The van der Waals surface area contributed by atoms with Crippen molar-refractivity contribution in [2.24, 2.45) is 0 Å². The molecule has 0 aliphatic rings. The molecule has 0 bridgehead atoms. The van der Waals surface area contributed by atoms with Crippen LogP contribution in [-0.4, -0.2) is 18.8 Å². The van der Waals surface area contributed by atoms with Gasteiger partial charge in [0.1, 0.15) is 23.3 Å². The number of nitrogens with one attached hydrogen (secondary N) is 1. The molecular weight excluding hydrogens is 414 g/mol. The maximum absolute atomic E-state index is 12.7. The molecule has 156 valence electrons. The number of anilines is 1. The topological polar surface area (TPSA) is 77.8 Å².